The van der Waals surface area contributed by atoms with E-state index < -0.39 is 10.0 Å². The monoisotopic (exact) mass is 336 g/mol. The fourth-order valence-corrected chi connectivity index (χ4v) is 3.84. The summed E-state index contributed by atoms with van der Waals surface area (Å²) in [7, 11) is -2.01. The molecule has 1 aromatic heterocycles. The largest absolute Gasteiger partial charge is 0.494 e. The zero-order valence-corrected chi connectivity index (χ0v) is 13.7. The van der Waals surface area contributed by atoms with Gasteiger partial charge in [0, 0.05) is 12.6 Å². The molecule has 0 unspecified atom stereocenters. The predicted octanol–water partition coefficient (Wildman–Crippen LogP) is 0.911. The van der Waals surface area contributed by atoms with Crippen LogP contribution in [0.3, 0.4) is 0 Å². The maximum Gasteiger partial charge on any atom is 0.244 e. The van der Waals surface area contributed by atoms with Gasteiger partial charge in [-0.3, -0.25) is 0 Å². The van der Waals surface area contributed by atoms with Crippen LogP contribution in [0.4, 0.5) is 0 Å². The Morgan fingerprint density at radius 1 is 1.39 bits per heavy atom. The molecule has 1 aliphatic heterocycles. The maximum atomic E-state index is 12.5. The molecule has 0 radical (unpaired) electrons. The van der Waals surface area contributed by atoms with E-state index >= 15 is 0 Å². The van der Waals surface area contributed by atoms with Gasteiger partial charge in [-0.25, -0.2) is 17.8 Å². The Balaban J connectivity index is 1.83. The molecule has 2 aromatic rings. The van der Waals surface area contributed by atoms with Crippen molar-refractivity contribution in [1.82, 2.24) is 19.8 Å². The average Bonchev–Trinajstić information content (AvgIpc) is 3.06. The first-order valence-electron chi connectivity index (χ1n) is 7.51. The molecule has 2 N–H and O–H groups in total. The molecule has 7 nitrogen and oxygen atoms in total. The SMILES string of the molecule is COc1ccccc1-n1cc(S(=O)(=O)N[C@H]2CCCNC2)cn1. The van der Waals surface area contributed by atoms with Crippen molar-refractivity contribution in [3.63, 3.8) is 0 Å². The molecule has 1 saturated heterocycles. The summed E-state index contributed by atoms with van der Waals surface area (Å²) in [5, 5.41) is 7.35. The number of ether oxygens (including phenoxy) is 1. The second-order valence-corrected chi connectivity index (χ2v) is 7.17. The molecule has 1 aromatic carbocycles. The van der Waals surface area contributed by atoms with Crippen LogP contribution in [0.1, 0.15) is 12.8 Å². The first-order chi connectivity index (χ1) is 11.1. The lowest BCUT2D eigenvalue weighted by Crippen LogP contribution is -2.45. The number of nitrogens with one attached hydrogen (secondary N) is 2. The number of piperidine rings is 1. The van der Waals surface area contributed by atoms with E-state index in [9.17, 15) is 8.42 Å². The molecule has 124 valence electrons. The summed E-state index contributed by atoms with van der Waals surface area (Å²) in [6.45, 7) is 1.59. The molecule has 0 spiro atoms. The van der Waals surface area contributed by atoms with Crippen LogP contribution in [0.5, 0.6) is 5.75 Å². The second-order valence-electron chi connectivity index (χ2n) is 5.46. The van der Waals surface area contributed by atoms with E-state index in [2.05, 4.69) is 15.1 Å². The standard InChI is InChI=1S/C15H20N4O3S/c1-22-15-7-3-2-6-14(15)19-11-13(10-17-19)23(20,21)18-12-5-4-8-16-9-12/h2-3,6-7,10-12,16,18H,4-5,8-9H2,1H3/t12-/m0/s1. The van der Waals surface area contributed by atoms with Crippen LogP contribution in [0.25, 0.3) is 5.69 Å². The van der Waals surface area contributed by atoms with Gasteiger partial charge in [0.05, 0.1) is 19.5 Å². The minimum atomic E-state index is -3.58. The molecule has 0 bridgehead atoms. The Kier molecular flexibility index (Phi) is 4.65. The molecular formula is C15H20N4O3S. The van der Waals surface area contributed by atoms with Crippen LogP contribution in [0.15, 0.2) is 41.6 Å². The summed E-state index contributed by atoms with van der Waals surface area (Å²) >= 11 is 0. The molecule has 1 atom stereocenters. The van der Waals surface area contributed by atoms with Crippen LogP contribution in [0.2, 0.25) is 0 Å². The number of para-hydroxylation sites is 2. The maximum absolute atomic E-state index is 12.5. The lowest BCUT2D eigenvalue weighted by atomic mass is 10.1. The van der Waals surface area contributed by atoms with Crippen molar-refractivity contribution in [2.75, 3.05) is 20.2 Å². The van der Waals surface area contributed by atoms with Gasteiger partial charge >= 0.3 is 0 Å². The fourth-order valence-electron chi connectivity index (χ4n) is 2.64. The Morgan fingerprint density at radius 2 is 2.22 bits per heavy atom. The average molecular weight is 336 g/mol. The van der Waals surface area contributed by atoms with Crippen molar-refractivity contribution in [3.8, 4) is 11.4 Å². The molecule has 0 amide bonds. The summed E-state index contributed by atoms with van der Waals surface area (Å²) in [6, 6.07) is 7.24. The van der Waals surface area contributed by atoms with Gasteiger partial charge in [-0.15, -0.1) is 0 Å². The molecule has 2 heterocycles. The van der Waals surface area contributed by atoms with E-state index in [0.717, 1.165) is 19.4 Å². The minimum absolute atomic E-state index is 0.0802. The van der Waals surface area contributed by atoms with Crippen molar-refractivity contribution in [2.45, 2.75) is 23.8 Å². The van der Waals surface area contributed by atoms with Gasteiger partial charge in [0.2, 0.25) is 10.0 Å². The topological polar surface area (TPSA) is 85.2 Å². The Morgan fingerprint density at radius 3 is 2.96 bits per heavy atom. The smallest absolute Gasteiger partial charge is 0.244 e. The highest BCUT2D eigenvalue weighted by molar-refractivity contribution is 7.89. The van der Waals surface area contributed by atoms with E-state index in [1.165, 1.54) is 17.1 Å². The second kappa shape index (κ2) is 6.69. The third-order valence-corrected chi connectivity index (χ3v) is 5.29. The third kappa shape index (κ3) is 3.54. The Hall–Kier alpha value is -1.90. The van der Waals surface area contributed by atoms with E-state index in [0.29, 0.717) is 18.0 Å². The number of hydrogen-bond acceptors (Lipinski definition) is 5. The highest BCUT2D eigenvalue weighted by Gasteiger charge is 2.23. The van der Waals surface area contributed by atoms with Crippen molar-refractivity contribution in [2.24, 2.45) is 0 Å². The van der Waals surface area contributed by atoms with Crippen LogP contribution in [-0.2, 0) is 10.0 Å². The highest BCUT2D eigenvalue weighted by Crippen LogP contribution is 2.22. The van der Waals surface area contributed by atoms with Gasteiger partial charge < -0.3 is 10.1 Å². The minimum Gasteiger partial charge on any atom is -0.494 e. The van der Waals surface area contributed by atoms with Gasteiger partial charge in [0.25, 0.3) is 0 Å². The lowest BCUT2D eigenvalue weighted by Gasteiger charge is -2.23. The lowest BCUT2D eigenvalue weighted by molar-refractivity contribution is 0.411. The van der Waals surface area contributed by atoms with Crippen molar-refractivity contribution < 1.29 is 13.2 Å². The Labute approximate surface area is 135 Å². The number of sulfonamides is 1. The number of rotatable bonds is 5. The van der Waals surface area contributed by atoms with E-state index in [4.69, 9.17) is 4.74 Å². The first-order valence-corrected chi connectivity index (χ1v) is 8.99. The molecule has 23 heavy (non-hydrogen) atoms. The van der Waals surface area contributed by atoms with Gasteiger partial charge in [-0.05, 0) is 31.5 Å². The zero-order valence-electron chi connectivity index (χ0n) is 12.9. The molecule has 1 aliphatic rings. The zero-order chi connectivity index (χ0) is 16.3. The van der Waals surface area contributed by atoms with Crippen LogP contribution in [0, 0.1) is 0 Å². The van der Waals surface area contributed by atoms with Gasteiger partial charge in [-0.2, -0.15) is 5.10 Å². The third-order valence-electron chi connectivity index (χ3n) is 3.82. The summed E-state index contributed by atoms with van der Waals surface area (Å²) in [5.41, 5.74) is 0.691. The normalized spacial score (nSPS) is 18.7. The summed E-state index contributed by atoms with van der Waals surface area (Å²) in [5.74, 6) is 0.629. The van der Waals surface area contributed by atoms with E-state index in [1.807, 2.05) is 18.2 Å². The Bertz CT molecular complexity index is 767. The number of benzene rings is 1. The highest BCUT2D eigenvalue weighted by atomic mass is 32.2. The van der Waals surface area contributed by atoms with Gasteiger partial charge in [0.15, 0.2) is 0 Å². The number of hydrogen-bond donors (Lipinski definition) is 2. The van der Waals surface area contributed by atoms with Crippen molar-refractivity contribution in [1.29, 1.82) is 0 Å². The van der Waals surface area contributed by atoms with Crippen molar-refractivity contribution in [3.05, 3.63) is 36.7 Å². The van der Waals surface area contributed by atoms with Crippen LogP contribution in [-0.4, -0.2) is 44.4 Å². The van der Waals surface area contributed by atoms with E-state index in [-0.39, 0.29) is 10.9 Å². The fraction of sp³-hybridized carbons (Fsp3) is 0.400. The molecule has 3 rings (SSSR count). The van der Waals surface area contributed by atoms with E-state index in [1.54, 1.807) is 13.2 Å². The van der Waals surface area contributed by atoms with Gasteiger partial charge in [-0.1, -0.05) is 12.1 Å². The first kappa shape index (κ1) is 16.0. The van der Waals surface area contributed by atoms with Crippen LogP contribution < -0.4 is 14.8 Å². The van der Waals surface area contributed by atoms with Crippen LogP contribution >= 0.6 is 0 Å². The number of methoxy groups -OCH3 is 1. The number of aromatic nitrogens is 2. The van der Waals surface area contributed by atoms with Crippen molar-refractivity contribution >= 4 is 10.0 Å². The summed E-state index contributed by atoms with van der Waals surface area (Å²) in [4.78, 5) is 0.147. The summed E-state index contributed by atoms with van der Waals surface area (Å²) in [6.07, 6.45) is 4.65. The molecule has 0 saturated carbocycles. The molecule has 8 heteroatoms. The molecule has 0 aliphatic carbocycles. The quantitative estimate of drug-likeness (QED) is 0.848. The van der Waals surface area contributed by atoms with Gasteiger partial charge in [0.1, 0.15) is 16.3 Å². The molecular weight excluding hydrogens is 316 g/mol. The summed E-state index contributed by atoms with van der Waals surface area (Å²) < 4.78 is 34.5. The number of nitrogens with zero attached hydrogens (tertiary/aromatic N) is 2. The predicted molar refractivity (Wildman–Crippen MR) is 86.3 cm³/mol. The molecule has 1 fully saturated rings.